The number of ether oxygens (including phenoxy) is 2. The SMILES string of the molecule is COc1ccc(N)c(OC)c1NC(C)O. The lowest BCUT2D eigenvalue weighted by atomic mass is 10.2. The van der Waals surface area contributed by atoms with E-state index in [1.54, 1.807) is 19.1 Å². The maximum atomic E-state index is 9.27. The number of nitrogens with one attached hydrogen (secondary N) is 1. The number of methoxy groups -OCH3 is 2. The van der Waals surface area contributed by atoms with Crippen molar-refractivity contribution in [2.75, 3.05) is 25.3 Å². The van der Waals surface area contributed by atoms with Crippen molar-refractivity contribution in [1.82, 2.24) is 0 Å². The van der Waals surface area contributed by atoms with Crippen LogP contribution in [0.25, 0.3) is 0 Å². The van der Waals surface area contributed by atoms with E-state index < -0.39 is 6.23 Å². The first kappa shape index (κ1) is 11.5. The Morgan fingerprint density at radius 2 is 2.00 bits per heavy atom. The van der Waals surface area contributed by atoms with Crippen molar-refractivity contribution in [3.63, 3.8) is 0 Å². The molecule has 0 aliphatic carbocycles. The number of aliphatic hydroxyl groups excluding tert-OH is 1. The van der Waals surface area contributed by atoms with Gasteiger partial charge in [0.2, 0.25) is 0 Å². The van der Waals surface area contributed by atoms with Crippen LogP contribution in [0.5, 0.6) is 11.5 Å². The van der Waals surface area contributed by atoms with Crippen LogP contribution in [-0.4, -0.2) is 25.6 Å². The lowest BCUT2D eigenvalue weighted by Gasteiger charge is -2.17. The van der Waals surface area contributed by atoms with Crippen molar-refractivity contribution in [2.45, 2.75) is 13.2 Å². The number of aliphatic hydroxyl groups is 1. The van der Waals surface area contributed by atoms with Gasteiger partial charge in [0.05, 0.1) is 19.9 Å². The van der Waals surface area contributed by atoms with Crippen molar-refractivity contribution in [1.29, 1.82) is 0 Å². The molecule has 0 radical (unpaired) electrons. The molecule has 1 aromatic rings. The summed E-state index contributed by atoms with van der Waals surface area (Å²) < 4.78 is 10.3. The van der Waals surface area contributed by atoms with Crippen LogP contribution in [0.4, 0.5) is 11.4 Å². The third kappa shape index (κ3) is 2.44. The summed E-state index contributed by atoms with van der Waals surface area (Å²) >= 11 is 0. The molecule has 0 spiro atoms. The van der Waals surface area contributed by atoms with E-state index in [1.165, 1.54) is 14.2 Å². The molecule has 1 aromatic carbocycles. The summed E-state index contributed by atoms with van der Waals surface area (Å²) in [4.78, 5) is 0. The van der Waals surface area contributed by atoms with Crippen LogP contribution in [-0.2, 0) is 0 Å². The third-order valence-corrected chi connectivity index (χ3v) is 1.93. The maximum absolute atomic E-state index is 9.27. The monoisotopic (exact) mass is 212 g/mol. The zero-order chi connectivity index (χ0) is 11.4. The van der Waals surface area contributed by atoms with Gasteiger partial charge in [-0.25, -0.2) is 0 Å². The predicted molar refractivity (Wildman–Crippen MR) is 59.3 cm³/mol. The van der Waals surface area contributed by atoms with Crippen molar-refractivity contribution in [2.24, 2.45) is 0 Å². The highest BCUT2D eigenvalue weighted by molar-refractivity contribution is 5.75. The van der Waals surface area contributed by atoms with Gasteiger partial charge in [-0.3, -0.25) is 0 Å². The second-order valence-corrected chi connectivity index (χ2v) is 3.09. The van der Waals surface area contributed by atoms with Gasteiger partial charge in [0.25, 0.3) is 0 Å². The number of anilines is 2. The smallest absolute Gasteiger partial charge is 0.168 e. The van der Waals surface area contributed by atoms with Crippen molar-refractivity contribution in [3.8, 4) is 11.5 Å². The Morgan fingerprint density at radius 3 is 2.47 bits per heavy atom. The van der Waals surface area contributed by atoms with Crippen LogP contribution < -0.4 is 20.5 Å². The Morgan fingerprint density at radius 1 is 1.33 bits per heavy atom. The van der Waals surface area contributed by atoms with Gasteiger partial charge in [0.1, 0.15) is 17.7 Å². The second-order valence-electron chi connectivity index (χ2n) is 3.09. The van der Waals surface area contributed by atoms with Gasteiger partial charge >= 0.3 is 0 Å². The Bertz CT molecular complexity index is 340. The molecule has 84 valence electrons. The molecule has 0 bridgehead atoms. The van der Waals surface area contributed by atoms with E-state index in [9.17, 15) is 5.11 Å². The normalized spacial score (nSPS) is 12.0. The number of rotatable bonds is 4. The highest BCUT2D eigenvalue weighted by Gasteiger charge is 2.14. The molecule has 0 aromatic heterocycles. The average Bonchev–Trinajstić information content (AvgIpc) is 2.18. The summed E-state index contributed by atoms with van der Waals surface area (Å²) in [6, 6.07) is 3.40. The molecule has 1 rings (SSSR count). The molecule has 0 fully saturated rings. The minimum absolute atomic E-state index is 0.468. The summed E-state index contributed by atoms with van der Waals surface area (Å²) in [5.41, 5.74) is 6.77. The lowest BCUT2D eigenvalue weighted by Crippen LogP contribution is -2.15. The largest absolute Gasteiger partial charge is 0.494 e. The Labute approximate surface area is 88.8 Å². The first-order chi connectivity index (χ1) is 7.10. The molecule has 0 saturated heterocycles. The zero-order valence-corrected chi connectivity index (χ0v) is 9.07. The van der Waals surface area contributed by atoms with Gasteiger partial charge in [-0.2, -0.15) is 0 Å². The fourth-order valence-corrected chi connectivity index (χ4v) is 1.32. The Balaban J connectivity index is 3.21. The summed E-state index contributed by atoms with van der Waals surface area (Å²) in [7, 11) is 3.05. The fraction of sp³-hybridized carbons (Fsp3) is 0.400. The van der Waals surface area contributed by atoms with E-state index in [-0.39, 0.29) is 0 Å². The van der Waals surface area contributed by atoms with E-state index in [2.05, 4.69) is 5.32 Å². The molecule has 5 heteroatoms. The minimum Gasteiger partial charge on any atom is -0.494 e. The number of nitrogens with two attached hydrogens (primary N) is 1. The summed E-state index contributed by atoms with van der Waals surface area (Å²) in [5.74, 6) is 1.04. The second kappa shape index (κ2) is 4.75. The number of benzene rings is 1. The minimum atomic E-state index is -0.713. The first-order valence-electron chi connectivity index (χ1n) is 4.55. The highest BCUT2D eigenvalue weighted by atomic mass is 16.5. The Kier molecular flexibility index (Phi) is 3.62. The molecule has 0 saturated carbocycles. The van der Waals surface area contributed by atoms with Gasteiger partial charge in [0, 0.05) is 0 Å². The molecule has 5 nitrogen and oxygen atoms in total. The predicted octanol–water partition coefficient (Wildman–Crippen LogP) is 1.04. The van der Waals surface area contributed by atoms with Gasteiger partial charge in [-0.05, 0) is 19.1 Å². The van der Waals surface area contributed by atoms with Crippen LogP contribution in [0, 0.1) is 0 Å². The average molecular weight is 212 g/mol. The van der Waals surface area contributed by atoms with Gasteiger partial charge in [-0.15, -0.1) is 0 Å². The summed E-state index contributed by atoms with van der Waals surface area (Å²) in [6.45, 7) is 1.60. The van der Waals surface area contributed by atoms with Gasteiger partial charge in [-0.1, -0.05) is 0 Å². The number of hydrogen-bond acceptors (Lipinski definition) is 5. The zero-order valence-electron chi connectivity index (χ0n) is 9.07. The highest BCUT2D eigenvalue weighted by Crippen LogP contribution is 2.39. The lowest BCUT2D eigenvalue weighted by molar-refractivity contribution is 0.223. The molecular formula is C10H16N2O3. The van der Waals surface area contributed by atoms with E-state index >= 15 is 0 Å². The van der Waals surface area contributed by atoms with E-state index in [0.29, 0.717) is 22.9 Å². The molecule has 1 atom stereocenters. The summed E-state index contributed by atoms with van der Waals surface area (Å²) in [5, 5.41) is 12.1. The molecule has 4 N–H and O–H groups in total. The number of nitrogen functional groups attached to an aromatic ring is 1. The molecular weight excluding hydrogens is 196 g/mol. The van der Waals surface area contributed by atoms with Crippen molar-refractivity contribution >= 4 is 11.4 Å². The molecule has 0 amide bonds. The van der Waals surface area contributed by atoms with E-state index in [1.807, 2.05) is 0 Å². The third-order valence-electron chi connectivity index (χ3n) is 1.93. The summed E-state index contributed by atoms with van der Waals surface area (Å²) in [6.07, 6.45) is -0.713. The van der Waals surface area contributed by atoms with E-state index in [0.717, 1.165) is 0 Å². The topological polar surface area (TPSA) is 76.7 Å². The van der Waals surface area contributed by atoms with Gasteiger partial charge in [0.15, 0.2) is 5.75 Å². The number of hydrogen-bond donors (Lipinski definition) is 3. The molecule has 0 aliphatic rings. The standard InChI is InChI=1S/C10H16N2O3/c1-6(13)12-9-8(14-2)5-4-7(11)10(9)15-3/h4-6,12-13H,11H2,1-3H3. The first-order valence-corrected chi connectivity index (χ1v) is 4.55. The van der Waals surface area contributed by atoms with Crippen LogP contribution in [0.3, 0.4) is 0 Å². The maximum Gasteiger partial charge on any atom is 0.168 e. The fourth-order valence-electron chi connectivity index (χ4n) is 1.32. The molecule has 15 heavy (non-hydrogen) atoms. The van der Waals surface area contributed by atoms with Crippen LogP contribution in [0.15, 0.2) is 12.1 Å². The van der Waals surface area contributed by atoms with Crippen molar-refractivity contribution in [3.05, 3.63) is 12.1 Å². The van der Waals surface area contributed by atoms with Crippen LogP contribution in [0.2, 0.25) is 0 Å². The molecule has 0 aliphatic heterocycles. The van der Waals surface area contributed by atoms with Crippen LogP contribution >= 0.6 is 0 Å². The Hall–Kier alpha value is -1.62. The van der Waals surface area contributed by atoms with Gasteiger partial charge < -0.3 is 25.6 Å². The van der Waals surface area contributed by atoms with E-state index in [4.69, 9.17) is 15.2 Å². The quantitative estimate of drug-likeness (QED) is 0.513. The van der Waals surface area contributed by atoms with Crippen LogP contribution in [0.1, 0.15) is 6.92 Å². The van der Waals surface area contributed by atoms with Crippen molar-refractivity contribution < 1.29 is 14.6 Å². The molecule has 1 unspecified atom stereocenters. The molecule has 0 heterocycles.